The Morgan fingerprint density at radius 2 is 1.76 bits per heavy atom. The van der Waals surface area contributed by atoms with Crippen LogP contribution in [0.3, 0.4) is 0 Å². The van der Waals surface area contributed by atoms with Gasteiger partial charge >= 0.3 is 24.0 Å². The van der Waals surface area contributed by atoms with Gasteiger partial charge in [0.1, 0.15) is 18.0 Å². The number of aliphatic hydroxyl groups excluding tert-OH is 1. The first-order valence-electron chi connectivity index (χ1n) is 13.6. The first-order chi connectivity index (χ1) is 19.0. The predicted molar refractivity (Wildman–Crippen MR) is 123 cm³/mol. The van der Waals surface area contributed by atoms with Gasteiger partial charge in [-0.3, -0.25) is 0 Å². The zero-order valence-electron chi connectivity index (χ0n) is 22.4. The van der Waals surface area contributed by atoms with Gasteiger partial charge in [0, 0.05) is 11.8 Å². The Hall–Kier alpha value is -1.74. The Morgan fingerprint density at radius 3 is 2.41 bits per heavy atom. The second-order valence-electron chi connectivity index (χ2n) is 12.6. The van der Waals surface area contributed by atoms with Crippen LogP contribution in [0.25, 0.3) is 0 Å². The molecule has 41 heavy (non-hydrogen) atoms. The molecule has 14 heteroatoms. The molecule has 2 heterocycles. The number of fused-ring (bicyclic) bond motifs is 7. The minimum Gasteiger partial charge on any atom is -0.426 e. The average Bonchev–Trinajstić information content (AvgIpc) is 3.58. The van der Waals surface area contributed by atoms with E-state index in [-0.39, 0.29) is 50.8 Å². The number of halogens is 7. The van der Waals surface area contributed by atoms with E-state index in [1.807, 2.05) is 13.0 Å². The molecule has 0 amide bonds. The van der Waals surface area contributed by atoms with E-state index in [2.05, 4.69) is 11.7 Å². The first kappa shape index (κ1) is 29.3. The highest BCUT2D eigenvalue weighted by atomic mass is 19.4. The van der Waals surface area contributed by atoms with E-state index in [1.54, 1.807) is 0 Å². The van der Waals surface area contributed by atoms with Crippen LogP contribution in [0.5, 0.6) is 0 Å². The molecule has 2 saturated heterocycles. The van der Waals surface area contributed by atoms with Crippen LogP contribution in [0.15, 0.2) is 23.5 Å². The van der Waals surface area contributed by atoms with E-state index in [0.29, 0.717) is 24.8 Å². The monoisotopic (exact) mass is 600 g/mol. The molecule has 0 aromatic carbocycles. The molecule has 0 bridgehead atoms. The van der Waals surface area contributed by atoms with E-state index in [1.165, 1.54) is 6.08 Å². The van der Waals surface area contributed by atoms with E-state index < -0.39 is 58.1 Å². The lowest BCUT2D eigenvalue weighted by atomic mass is 9.46. The lowest BCUT2D eigenvalue weighted by Gasteiger charge is -2.60. The van der Waals surface area contributed by atoms with Gasteiger partial charge in [-0.05, 0) is 66.9 Å². The Labute approximate surface area is 230 Å². The summed E-state index contributed by atoms with van der Waals surface area (Å²) in [6.45, 7) is 4.31. The summed E-state index contributed by atoms with van der Waals surface area (Å²) in [4.78, 5) is 11.8. The van der Waals surface area contributed by atoms with Crippen molar-refractivity contribution in [2.24, 2.45) is 28.6 Å². The van der Waals surface area contributed by atoms with Crippen molar-refractivity contribution in [3.8, 4) is 0 Å². The first-order valence-corrected chi connectivity index (χ1v) is 13.6. The van der Waals surface area contributed by atoms with Crippen molar-refractivity contribution in [1.29, 1.82) is 0 Å². The number of esters is 1. The second-order valence-corrected chi connectivity index (χ2v) is 12.6. The fraction of sp³-hybridized carbons (Fsp3) is 0.815. The molecule has 2 spiro atoms. The standard InChI is InChI=1S/C27H31F7O7/c1-21-7-5-15(41-20(36)25(28,29)26(30,31)27(32,33)34)9-14(21)3-4-16-17-6-8-23(22(17,2)10-18(35)19(16)21)24(40-13-38-23)11-37-12-39-24/h3,9,16-19,35H,4-8,10-13H2,1-2H3/t16-,17-,18-,19+,21-,22-,23+,24?/m0/s1. The number of aliphatic hydroxyl groups is 1. The van der Waals surface area contributed by atoms with Gasteiger partial charge in [0.2, 0.25) is 5.79 Å². The van der Waals surface area contributed by atoms with E-state index in [9.17, 15) is 40.6 Å². The van der Waals surface area contributed by atoms with Gasteiger partial charge in [0.05, 0.1) is 6.10 Å². The molecule has 2 aliphatic heterocycles. The third kappa shape index (κ3) is 3.66. The number of rotatable bonds is 3. The molecule has 8 atom stereocenters. The van der Waals surface area contributed by atoms with Crippen LogP contribution in [0, 0.1) is 28.6 Å². The normalized spacial score (nSPS) is 44.3. The molecule has 0 aromatic rings. The average molecular weight is 601 g/mol. The fourth-order valence-corrected chi connectivity index (χ4v) is 8.98. The van der Waals surface area contributed by atoms with Crippen molar-refractivity contribution in [3.63, 3.8) is 0 Å². The molecule has 1 unspecified atom stereocenters. The summed E-state index contributed by atoms with van der Waals surface area (Å²) in [6, 6.07) is 0. The van der Waals surface area contributed by atoms with Crippen molar-refractivity contribution in [2.45, 2.75) is 87.9 Å². The van der Waals surface area contributed by atoms with Crippen LogP contribution in [0.4, 0.5) is 30.7 Å². The van der Waals surface area contributed by atoms with Crippen molar-refractivity contribution in [1.82, 2.24) is 0 Å². The van der Waals surface area contributed by atoms with Crippen LogP contribution in [-0.2, 0) is 28.5 Å². The summed E-state index contributed by atoms with van der Waals surface area (Å²) >= 11 is 0. The molecule has 1 N–H and O–H groups in total. The highest BCUT2D eigenvalue weighted by Gasteiger charge is 2.78. The van der Waals surface area contributed by atoms with Crippen LogP contribution in [0.2, 0.25) is 0 Å². The van der Waals surface area contributed by atoms with Gasteiger partial charge < -0.3 is 28.8 Å². The number of carbonyl (C=O) groups is 1. The predicted octanol–water partition coefficient (Wildman–Crippen LogP) is 5.23. The number of allylic oxidation sites excluding steroid dienone is 4. The number of alkyl halides is 7. The SMILES string of the molecule is C[C@]12CCC(OC(=O)C(F)(F)C(F)(F)C(F)(F)F)=CC1=CC[C@@H]1[C@@H]2[C@@H](O)C[C@@]2(C)[C@H]1CC[C@@]21OCOC12COCO2. The number of ether oxygens (including phenoxy) is 5. The van der Waals surface area contributed by atoms with Gasteiger partial charge in [0.15, 0.2) is 13.6 Å². The Bertz CT molecular complexity index is 1170. The smallest absolute Gasteiger partial charge is 0.426 e. The molecule has 4 fully saturated rings. The summed E-state index contributed by atoms with van der Waals surface area (Å²) in [6.07, 6.45) is -2.08. The van der Waals surface area contributed by atoms with Crippen molar-refractivity contribution < 1.29 is 64.3 Å². The number of hydrogen-bond donors (Lipinski definition) is 1. The van der Waals surface area contributed by atoms with Crippen LogP contribution in [-0.4, -0.2) is 66.8 Å². The number of carbonyl (C=O) groups excluding carboxylic acids is 1. The number of hydrogen-bond acceptors (Lipinski definition) is 7. The maximum Gasteiger partial charge on any atom is 0.460 e. The van der Waals surface area contributed by atoms with Gasteiger partial charge in [-0.15, -0.1) is 0 Å². The van der Waals surface area contributed by atoms with Gasteiger partial charge in [0.25, 0.3) is 0 Å². The second kappa shape index (κ2) is 8.90. The third-order valence-corrected chi connectivity index (χ3v) is 10.9. The van der Waals surface area contributed by atoms with Crippen LogP contribution < -0.4 is 0 Å². The van der Waals surface area contributed by atoms with E-state index >= 15 is 0 Å². The zero-order valence-corrected chi connectivity index (χ0v) is 22.4. The summed E-state index contributed by atoms with van der Waals surface area (Å²) in [5.41, 5.74) is -1.49. The molecular weight excluding hydrogens is 569 g/mol. The largest absolute Gasteiger partial charge is 0.460 e. The molecule has 0 aromatic heterocycles. The molecule has 230 valence electrons. The highest BCUT2D eigenvalue weighted by Crippen LogP contribution is 2.71. The molecule has 4 aliphatic carbocycles. The molecule has 6 rings (SSSR count). The van der Waals surface area contributed by atoms with Gasteiger partial charge in [-0.1, -0.05) is 19.9 Å². The summed E-state index contributed by atoms with van der Waals surface area (Å²) < 4.78 is 120. The zero-order chi connectivity index (χ0) is 29.9. The van der Waals surface area contributed by atoms with Crippen LogP contribution >= 0.6 is 0 Å². The van der Waals surface area contributed by atoms with E-state index in [4.69, 9.17) is 18.9 Å². The third-order valence-electron chi connectivity index (χ3n) is 10.9. The minimum atomic E-state index is -6.65. The maximum absolute atomic E-state index is 13.9. The summed E-state index contributed by atoms with van der Waals surface area (Å²) in [7, 11) is 0. The fourth-order valence-electron chi connectivity index (χ4n) is 8.98. The molecule has 7 nitrogen and oxygen atoms in total. The molecule has 6 aliphatic rings. The Kier molecular flexibility index (Phi) is 6.37. The quantitative estimate of drug-likeness (QED) is 0.351. The summed E-state index contributed by atoms with van der Waals surface area (Å²) in [5, 5.41) is 11.7. The van der Waals surface area contributed by atoms with Crippen molar-refractivity contribution >= 4 is 5.97 Å². The Morgan fingerprint density at radius 1 is 1.05 bits per heavy atom. The maximum atomic E-state index is 13.9. The Balaban J connectivity index is 1.27. The molecular formula is C27H31F7O7. The summed E-state index contributed by atoms with van der Waals surface area (Å²) in [5.74, 6) is -17.4. The molecule has 0 radical (unpaired) electrons. The van der Waals surface area contributed by atoms with Gasteiger partial charge in [-0.25, -0.2) is 4.79 Å². The lowest BCUT2D eigenvalue weighted by molar-refractivity contribution is -0.347. The van der Waals surface area contributed by atoms with Crippen molar-refractivity contribution in [3.05, 3.63) is 23.5 Å². The van der Waals surface area contributed by atoms with E-state index in [0.717, 1.165) is 6.42 Å². The van der Waals surface area contributed by atoms with Crippen LogP contribution in [0.1, 0.15) is 52.4 Å². The van der Waals surface area contributed by atoms with Crippen molar-refractivity contribution in [2.75, 3.05) is 20.2 Å². The van der Waals surface area contributed by atoms with Gasteiger partial charge in [-0.2, -0.15) is 30.7 Å². The lowest BCUT2D eigenvalue weighted by Crippen LogP contribution is -2.66. The molecule has 2 saturated carbocycles. The highest BCUT2D eigenvalue weighted by molar-refractivity contribution is 5.80. The minimum absolute atomic E-state index is 0.00671. The topological polar surface area (TPSA) is 83.5 Å².